The first-order valence-corrected chi connectivity index (χ1v) is 7.12. The fourth-order valence-corrected chi connectivity index (χ4v) is 2.66. The Hall–Kier alpha value is -2.28. The minimum atomic E-state index is -0.152. The zero-order valence-electron chi connectivity index (χ0n) is 11.9. The number of aromatic nitrogens is 4. The number of anilines is 1. The van der Waals surface area contributed by atoms with Gasteiger partial charge in [-0.05, 0) is 47.9 Å². The maximum Gasteiger partial charge on any atom is 0.241 e. The molecule has 0 bridgehead atoms. The molecular formula is C14H18N6O. The number of hydrogen-bond donors (Lipinski definition) is 2. The number of carbonyl (C=O) groups excluding carboxylic acids is 1. The molecule has 2 N–H and O–H groups in total. The highest BCUT2D eigenvalue weighted by Gasteiger charge is 2.27. The lowest BCUT2D eigenvalue weighted by atomic mass is 9.92. The molecule has 7 nitrogen and oxygen atoms in total. The van der Waals surface area contributed by atoms with Gasteiger partial charge < -0.3 is 10.6 Å². The van der Waals surface area contributed by atoms with Crippen LogP contribution in [0.5, 0.6) is 0 Å². The zero-order valence-corrected chi connectivity index (χ0v) is 11.9. The highest BCUT2D eigenvalue weighted by atomic mass is 16.2. The Kier molecular flexibility index (Phi) is 3.92. The molecule has 0 aliphatic carbocycles. The third-order valence-electron chi connectivity index (χ3n) is 3.81. The van der Waals surface area contributed by atoms with E-state index in [2.05, 4.69) is 33.1 Å². The Morgan fingerprint density at radius 3 is 3.05 bits per heavy atom. The van der Waals surface area contributed by atoms with Gasteiger partial charge in [-0.1, -0.05) is 19.1 Å². The number of amides is 1. The smallest absolute Gasteiger partial charge is 0.241 e. The molecule has 0 saturated carbocycles. The Bertz CT molecular complexity index is 612. The molecule has 1 aliphatic heterocycles. The summed E-state index contributed by atoms with van der Waals surface area (Å²) in [6.45, 7) is 2.99. The molecule has 1 aromatic heterocycles. The van der Waals surface area contributed by atoms with Gasteiger partial charge in [-0.15, -0.1) is 5.10 Å². The molecule has 2 aromatic rings. The summed E-state index contributed by atoms with van der Waals surface area (Å²) in [6.07, 6.45) is 3.69. The first-order valence-electron chi connectivity index (χ1n) is 7.12. The van der Waals surface area contributed by atoms with E-state index in [4.69, 9.17) is 0 Å². The fourth-order valence-electron chi connectivity index (χ4n) is 2.66. The minimum absolute atomic E-state index is 0.0114. The van der Waals surface area contributed by atoms with Crippen molar-refractivity contribution in [1.29, 1.82) is 0 Å². The van der Waals surface area contributed by atoms with Gasteiger partial charge in [0.1, 0.15) is 6.33 Å². The summed E-state index contributed by atoms with van der Waals surface area (Å²) >= 11 is 0. The molecule has 1 saturated heterocycles. The van der Waals surface area contributed by atoms with E-state index in [0.717, 1.165) is 25.1 Å². The summed E-state index contributed by atoms with van der Waals surface area (Å²) < 4.78 is 1.54. The third kappa shape index (κ3) is 2.92. The maximum atomic E-state index is 12.5. The van der Waals surface area contributed by atoms with Gasteiger partial charge in [-0.3, -0.25) is 4.79 Å². The highest BCUT2D eigenvalue weighted by molar-refractivity contribution is 5.96. The number of benzene rings is 1. The van der Waals surface area contributed by atoms with Crippen LogP contribution in [0, 0.1) is 5.92 Å². The molecule has 1 aromatic carbocycles. The molecule has 2 unspecified atom stereocenters. The van der Waals surface area contributed by atoms with Gasteiger partial charge in [0, 0.05) is 0 Å². The van der Waals surface area contributed by atoms with Crippen molar-refractivity contribution in [2.45, 2.75) is 25.8 Å². The number of tetrazole rings is 1. The highest BCUT2D eigenvalue weighted by Crippen LogP contribution is 2.21. The first-order chi connectivity index (χ1) is 10.3. The monoisotopic (exact) mass is 286 g/mol. The second-order valence-electron chi connectivity index (χ2n) is 5.31. The van der Waals surface area contributed by atoms with E-state index in [1.54, 1.807) is 0 Å². The van der Waals surface area contributed by atoms with Gasteiger partial charge in [0.25, 0.3) is 0 Å². The molecule has 1 aliphatic rings. The number of hydrogen-bond acceptors (Lipinski definition) is 5. The van der Waals surface area contributed by atoms with Crippen LogP contribution in [0.3, 0.4) is 0 Å². The average molecular weight is 286 g/mol. The van der Waals surface area contributed by atoms with Crippen LogP contribution in [0.4, 0.5) is 5.69 Å². The summed E-state index contributed by atoms with van der Waals surface area (Å²) in [4.78, 5) is 12.5. The predicted octanol–water partition coefficient (Wildman–Crippen LogP) is 0.989. The Morgan fingerprint density at radius 1 is 1.43 bits per heavy atom. The van der Waals surface area contributed by atoms with Crippen molar-refractivity contribution >= 4 is 11.6 Å². The van der Waals surface area contributed by atoms with Crippen LogP contribution in [0.25, 0.3) is 5.69 Å². The number of nitrogens with zero attached hydrogens (tertiary/aromatic N) is 4. The van der Waals surface area contributed by atoms with Crippen LogP contribution in [-0.4, -0.2) is 38.7 Å². The van der Waals surface area contributed by atoms with Crippen LogP contribution in [0.2, 0.25) is 0 Å². The molecule has 3 rings (SSSR count). The lowest BCUT2D eigenvalue weighted by molar-refractivity contribution is -0.119. The van der Waals surface area contributed by atoms with Crippen molar-refractivity contribution in [3.8, 4) is 5.69 Å². The number of piperidine rings is 1. The number of rotatable bonds is 3. The number of para-hydroxylation sites is 2. The van der Waals surface area contributed by atoms with Crippen molar-refractivity contribution in [2.75, 3.05) is 11.9 Å². The normalized spacial score (nSPS) is 22.0. The van der Waals surface area contributed by atoms with Crippen molar-refractivity contribution in [1.82, 2.24) is 25.5 Å². The molecule has 7 heteroatoms. The van der Waals surface area contributed by atoms with E-state index < -0.39 is 0 Å². The van der Waals surface area contributed by atoms with E-state index in [1.807, 2.05) is 24.3 Å². The van der Waals surface area contributed by atoms with Crippen molar-refractivity contribution in [3.63, 3.8) is 0 Å². The van der Waals surface area contributed by atoms with E-state index >= 15 is 0 Å². The van der Waals surface area contributed by atoms with Crippen LogP contribution in [0.1, 0.15) is 19.8 Å². The molecule has 0 radical (unpaired) electrons. The topological polar surface area (TPSA) is 84.7 Å². The Balaban J connectivity index is 1.80. The molecule has 1 fully saturated rings. The van der Waals surface area contributed by atoms with Crippen molar-refractivity contribution < 1.29 is 4.79 Å². The molecule has 0 spiro atoms. The van der Waals surface area contributed by atoms with E-state index in [-0.39, 0.29) is 11.9 Å². The van der Waals surface area contributed by atoms with Gasteiger partial charge in [0.15, 0.2) is 0 Å². The minimum Gasteiger partial charge on any atom is -0.323 e. The Labute approximate surface area is 122 Å². The number of nitrogens with one attached hydrogen (secondary N) is 2. The largest absolute Gasteiger partial charge is 0.323 e. The lowest BCUT2D eigenvalue weighted by Gasteiger charge is -2.29. The fraction of sp³-hybridized carbons (Fsp3) is 0.429. The SMILES string of the molecule is CC1CCCNC1C(=O)Nc1ccccc1-n1cnnn1. The van der Waals surface area contributed by atoms with Crippen LogP contribution in [0.15, 0.2) is 30.6 Å². The summed E-state index contributed by atoms with van der Waals surface area (Å²) in [7, 11) is 0. The van der Waals surface area contributed by atoms with Crippen LogP contribution < -0.4 is 10.6 Å². The van der Waals surface area contributed by atoms with Crippen molar-refractivity contribution in [2.24, 2.45) is 5.92 Å². The van der Waals surface area contributed by atoms with E-state index in [1.165, 1.54) is 11.0 Å². The molecular weight excluding hydrogens is 268 g/mol. The molecule has 1 amide bonds. The predicted molar refractivity (Wildman–Crippen MR) is 78.0 cm³/mol. The molecule has 110 valence electrons. The second-order valence-corrected chi connectivity index (χ2v) is 5.31. The van der Waals surface area contributed by atoms with Crippen LogP contribution >= 0.6 is 0 Å². The van der Waals surface area contributed by atoms with E-state index in [0.29, 0.717) is 11.6 Å². The quantitative estimate of drug-likeness (QED) is 0.879. The summed E-state index contributed by atoms with van der Waals surface area (Å²) in [5.41, 5.74) is 1.45. The van der Waals surface area contributed by atoms with E-state index in [9.17, 15) is 4.79 Å². The van der Waals surface area contributed by atoms with Gasteiger partial charge in [0.05, 0.1) is 17.4 Å². The standard InChI is InChI=1S/C14H18N6O/c1-10-5-4-8-15-13(10)14(21)17-11-6-2-3-7-12(11)20-9-16-18-19-20/h2-3,6-7,9-10,13,15H,4-5,8H2,1H3,(H,17,21). The number of carbonyl (C=O) groups is 1. The average Bonchev–Trinajstić information content (AvgIpc) is 3.02. The van der Waals surface area contributed by atoms with Gasteiger partial charge in [-0.25, -0.2) is 0 Å². The van der Waals surface area contributed by atoms with Crippen LogP contribution in [-0.2, 0) is 4.79 Å². The lowest BCUT2D eigenvalue weighted by Crippen LogP contribution is -2.48. The zero-order chi connectivity index (χ0) is 14.7. The van der Waals surface area contributed by atoms with Gasteiger partial charge in [0.2, 0.25) is 5.91 Å². The van der Waals surface area contributed by atoms with Crippen molar-refractivity contribution in [3.05, 3.63) is 30.6 Å². The molecule has 2 heterocycles. The molecule has 21 heavy (non-hydrogen) atoms. The molecule has 2 atom stereocenters. The van der Waals surface area contributed by atoms with Gasteiger partial charge in [-0.2, -0.15) is 4.68 Å². The summed E-state index contributed by atoms with van der Waals surface area (Å²) in [5.74, 6) is 0.321. The maximum absolute atomic E-state index is 12.5. The first kappa shape index (κ1) is 13.7. The summed E-state index contributed by atoms with van der Waals surface area (Å²) in [5, 5.41) is 17.4. The second kappa shape index (κ2) is 6.01. The third-order valence-corrected chi connectivity index (χ3v) is 3.81. The summed E-state index contributed by atoms with van der Waals surface area (Å²) in [6, 6.07) is 7.32. The van der Waals surface area contributed by atoms with Gasteiger partial charge >= 0.3 is 0 Å². The Morgan fingerprint density at radius 2 is 2.29 bits per heavy atom.